The number of benzene rings is 1. The zero-order valence-electron chi connectivity index (χ0n) is 15.0. The van der Waals surface area contributed by atoms with E-state index in [-0.39, 0.29) is 11.9 Å². The summed E-state index contributed by atoms with van der Waals surface area (Å²) in [5.41, 5.74) is 4.23. The number of carbonyl (C=O) groups is 1. The Labute approximate surface area is 164 Å². The lowest BCUT2D eigenvalue weighted by molar-refractivity contribution is 0.0661. The average Bonchev–Trinajstić information content (AvgIpc) is 3.32. The van der Waals surface area contributed by atoms with E-state index >= 15 is 0 Å². The van der Waals surface area contributed by atoms with Gasteiger partial charge < -0.3 is 4.90 Å². The van der Waals surface area contributed by atoms with Gasteiger partial charge >= 0.3 is 0 Å². The molecule has 138 valence electrons. The number of amides is 1. The van der Waals surface area contributed by atoms with Crippen LogP contribution in [0, 0.1) is 0 Å². The minimum absolute atomic E-state index is 0.0176. The maximum atomic E-state index is 13.3. The van der Waals surface area contributed by atoms with Gasteiger partial charge in [0.2, 0.25) is 0 Å². The molecule has 4 rings (SSSR count). The van der Waals surface area contributed by atoms with Gasteiger partial charge in [-0.2, -0.15) is 5.10 Å². The first kappa shape index (κ1) is 17.9. The normalized spacial score (nSPS) is 16.9. The van der Waals surface area contributed by atoms with Crippen molar-refractivity contribution >= 4 is 29.1 Å². The van der Waals surface area contributed by atoms with Crippen LogP contribution in [0.2, 0.25) is 10.0 Å². The second kappa shape index (κ2) is 7.24. The first-order chi connectivity index (χ1) is 12.5. The molecule has 6 heteroatoms. The number of aromatic nitrogens is 2. The first-order valence-electron chi connectivity index (χ1n) is 9.34. The van der Waals surface area contributed by atoms with Crippen LogP contribution in [0.4, 0.5) is 0 Å². The molecule has 1 aromatic carbocycles. The molecule has 1 heterocycles. The maximum absolute atomic E-state index is 13.3. The zero-order valence-corrected chi connectivity index (χ0v) is 16.5. The molecule has 0 saturated heterocycles. The molecule has 26 heavy (non-hydrogen) atoms. The highest BCUT2D eigenvalue weighted by Crippen LogP contribution is 2.31. The number of fused-ring (bicyclic) bond motifs is 1. The standard InChI is InChI=1S/C20H23Cl2N3O/c1-24-19-8-4-7-16(19)18(23-24)12-25(14-5-2-3-6-14)20(26)15-10-9-13(21)11-17(15)22/h9-11,14H,2-8,12H2,1H3. The number of halogens is 2. The van der Waals surface area contributed by atoms with Gasteiger partial charge in [0.15, 0.2) is 0 Å². The molecule has 4 nitrogen and oxygen atoms in total. The van der Waals surface area contributed by atoms with Crippen molar-refractivity contribution in [3.05, 3.63) is 50.8 Å². The predicted molar refractivity (Wildman–Crippen MR) is 104 cm³/mol. The Morgan fingerprint density at radius 2 is 2.00 bits per heavy atom. The first-order valence-corrected chi connectivity index (χ1v) is 10.1. The summed E-state index contributed by atoms with van der Waals surface area (Å²) in [6.45, 7) is 0.561. The Balaban J connectivity index is 1.66. The Bertz CT molecular complexity index is 840. The molecule has 0 spiro atoms. The molecule has 0 bridgehead atoms. The Morgan fingerprint density at radius 1 is 1.23 bits per heavy atom. The van der Waals surface area contributed by atoms with E-state index in [0.717, 1.165) is 31.4 Å². The molecule has 1 saturated carbocycles. The van der Waals surface area contributed by atoms with Crippen LogP contribution >= 0.6 is 23.2 Å². The van der Waals surface area contributed by atoms with Gasteiger partial charge in [-0.1, -0.05) is 36.0 Å². The van der Waals surface area contributed by atoms with E-state index in [1.165, 1.54) is 30.5 Å². The Kier molecular flexibility index (Phi) is 4.98. The minimum Gasteiger partial charge on any atom is -0.330 e. The number of carbonyl (C=O) groups excluding carboxylic acids is 1. The number of aryl methyl sites for hydroxylation is 1. The molecular weight excluding hydrogens is 369 g/mol. The third-order valence-corrected chi connectivity index (χ3v) is 6.25. The minimum atomic E-state index is -0.0176. The van der Waals surface area contributed by atoms with Crippen molar-refractivity contribution < 1.29 is 4.79 Å². The summed E-state index contributed by atoms with van der Waals surface area (Å²) in [4.78, 5) is 15.3. The summed E-state index contributed by atoms with van der Waals surface area (Å²) < 4.78 is 1.99. The van der Waals surface area contributed by atoms with Crippen molar-refractivity contribution in [2.45, 2.75) is 57.5 Å². The van der Waals surface area contributed by atoms with E-state index in [1.807, 2.05) is 16.6 Å². The third-order valence-electron chi connectivity index (χ3n) is 5.71. The summed E-state index contributed by atoms with van der Waals surface area (Å²) in [6, 6.07) is 5.36. The summed E-state index contributed by atoms with van der Waals surface area (Å²) in [5, 5.41) is 5.68. The monoisotopic (exact) mass is 391 g/mol. The van der Waals surface area contributed by atoms with Crippen molar-refractivity contribution in [1.29, 1.82) is 0 Å². The molecule has 1 amide bonds. The maximum Gasteiger partial charge on any atom is 0.255 e. The second-order valence-electron chi connectivity index (χ2n) is 7.34. The van der Waals surface area contributed by atoms with Crippen LogP contribution in [-0.4, -0.2) is 26.6 Å². The van der Waals surface area contributed by atoms with Crippen LogP contribution in [-0.2, 0) is 26.4 Å². The molecular formula is C20H23Cl2N3O. The van der Waals surface area contributed by atoms with Gasteiger partial charge in [0.25, 0.3) is 5.91 Å². The molecule has 0 N–H and O–H groups in total. The van der Waals surface area contributed by atoms with Crippen LogP contribution in [0.15, 0.2) is 18.2 Å². The highest BCUT2D eigenvalue weighted by atomic mass is 35.5. The molecule has 1 fully saturated rings. The van der Waals surface area contributed by atoms with Crippen molar-refractivity contribution in [1.82, 2.24) is 14.7 Å². The van der Waals surface area contributed by atoms with Gasteiger partial charge in [0, 0.05) is 23.8 Å². The van der Waals surface area contributed by atoms with Crippen molar-refractivity contribution in [3.63, 3.8) is 0 Å². The van der Waals surface area contributed by atoms with Gasteiger partial charge in [-0.25, -0.2) is 0 Å². The highest BCUT2D eigenvalue weighted by Gasteiger charge is 2.31. The van der Waals surface area contributed by atoms with E-state index in [0.29, 0.717) is 22.2 Å². The fourth-order valence-electron chi connectivity index (χ4n) is 4.39. The topological polar surface area (TPSA) is 38.1 Å². The summed E-state index contributed by atoms with van der Waals surface area (Å²) in [7, 11) is 2.01. The summed E-state index contributed by atoms with van der Waals surface area (Å²) >= 11 is 12.3. The van der Waals surface area contributed by atoms with E-state index in [2.05, 4.69) is 0 Å². The molecule has 0 radical (unpaired) electrons. The average molecular weight is 392 g/mol. The van der Waals surface area contributed by atoms with E-state index < -0.39 is 0 Å². The zero-order chi connectivity index (χ0) is 18.3. The van der Waals surface area contributed by atoms with Gasteiger partial charge in [0.05, 0.1) is 22.8 Å². The van der Waals surface area contributed by atoms with Gasteiger partial charge in [-0.3, -0.25) is 9.48 Å². The van der Waals surface area contributed by atoms with Crippen molar-refractivity contribution in [2.75, 3.05) is 0 Å². The molecule has 2 aliphatic rings. The molecule has 2 aliphatic carbocycles. The number of rotatable bonds is 4. The summed E-state index contributed by atoms with van der Waals surface area (Å²) in [5.74, 6) is -0.0176. The molecule has 1 aromatic heterocycles. The summed E-state index contributed by atoms with van der Waals surface area (Å²) in [6.07, 6.45) is 7.75. The van der Waals surface area contributed by atoms with Crippen LogP contribution in [0.3, 0.4) is 0 Å². The largest absolute Gasteiger partial charge is 0.330 e. The Morgan fingerprint density at radius 3 is 2.73 bits per heavy atom. The number of hydrogen-bond donors (Lipinski definition) is 0. The highest BCUT2D eigenvalue weighted by molar-refractivity contribution is 6.36. The van der Waals surface area contributed by atoms with Crippen molar-refractivity contribution in [3.8, 4) is 0 Å². The predicted octanol–water partition coefficient (Wildman–Crippen LogP) is 4.80. The second-order valence-corrected chi connectivity index (χ2v) is 8.19. The molecule has 0 unspecified atom stereocenters. The van der Waals surface area contributed by atoms with E-state index in [1.54, 1.807) is 18.2 Å². The lowest BCUT2D eigenvalue weighted by Crippen LogP contribution is -2.38. The van der Waals surface area contributed by atoms with Gasteiger partial charge in [0.1, 0.15) is 0 Å². The van der Waals surface area contributed by atoms with Gasteiger partial charge in [-0.05, 0) is 55.9 Å². The lowest BCUT2D eigenvalue weighted by Gasteiger charge is -2.29. The Hall–Kier alpha value is -1.52. The number of hydrogen-bond acceptors (Lipinski definition) is 2. The van der Waals surface area contributed by atoms with E-state index in [4.69, 9.17) is 28.3 Å². The molecule has 0 atom stereocenters. The van der Waals surface area contributed by atoms with Crippen LogP contribution in [0.25, 0.3) is 0 Å². The number of nitrogens with zero attached hydrogens (tertiary/aromatic N) is 3. The quantitative estimate of drug-likeness (QED) is 0.750. The van der Waals surface area contributed by atoms with Crippen LogP contribution in [0.1, 0.15) is 59.4 Å². The fraction of sp³-hybridized carbons (Fsp3) is 0.500. The third kappa shape index (κ3) is 3.25. The van der Waals surface area contributed by atoms with Crippen molar-refractivity contribution in [2.24, 2.45) is 7.05 Å². The SMILES string of the molecule is Cn1nc(CN(C(=O)c2ccc(Cl)cc2Cl)C2CCCC2)c2c1CCC2. The van der Waals surface area contributed by atoms with Gasteiger partial charge in [-0.15, -0.1) is 0 Å². The fourth-order valence-corrected chi connectivity index (χ4v) is 4.88. The van der Waals surface area contributed by atoms with Crippen LogP contribution < -0.4 is 0 Å². The smallest absolute Gasteiger partial charge is 0.255 e. The van der Waals surface area contributed by atoms with E-state index in [9.17, 15) is 4.79 Å². The molecule has 2 aromatic rings. The molecule has 0 aliphatic heterocycles. The van der Waals surface area contributed by atoms with Crippen LogP contribution in [0.5, 0.6) is 0 Å². The lowest BCUT2D eigenvalue weighted by atomic mass is 10.1.